The molecule has 88 valence electrons. The van der Waals surface area contributed by atoms with Gasteiger partial charge in [0.1, 0.15) is 0 Å². The first kappa shape index (κ1) is 11.4. The quantitative estimate of drug-likeness (QED) is 0.702. The van der Waals surface area contributed by atoms with Crippen LogP contribution in [-0.4, -0.2) is 48.6 Å². The number of likely N-dealkylation sites (tertiary alicyclic amines) is 2. The van der Waals surface area contributed by atoms with Gasteiger partial charge in [0.05, 0.1) is 0 Å². The second-order valence-electron chi connectivity index (χ2n) is 5.88. The van der Waals surface area contributed by atoms with Gasteiger partial charge in [0.15, 0.2) is 0 Å². The zero-order valence-corrected chi connectivity index (χ0v) is 10.6. The van der Waals surface area contributed by atoms with E-state index >= 15 is 0 Å². The van der Waals surface area contributed by atoms with Crippen molar-refractivity contribution in [3.63, 3.8) is 0 Å². The van der Waals surface area contributed by atoms with Crippen LogP contribution in [-0.2, 0) is 0 Å². The minimum atomic E-state index is 0.692. The van der Waals surface area contributed by atoms with Crippen molar-refractivity contribution in [3.8, 4) is 0 Å². The number of unbranched alkanes of at least 4 members (excludes halogenated alkanes) is 1. The van der Waals surface area contributed by atoms with Crippen molar-refractivity contribution in [2.45, 2.75) is 46.1 Å². The van der Waals surface area contributed by atoms with E-state index in [0.717, 1.165) is 6.04 Å². The molecule has 2 heteroatoms. The molecule has 2 aliphatic heterocycles. The molecule has 0 radical (unpaired) electrons. The lowest BCUT2D eigenvalue weighted by atomic mass is 9.79. The Morgan fingerprint density at radius 1 is 1.20 bits per heavy atom. The molecule has 0 aromatic carbocycles. The Morgan fingerprint density at radius 3 is 2.47 bits per heavy atom. The summed E-state index contributed by atoms with van der Waals surface area (Å²) in [6.45, 7) is 13.7. The highest BCUT2D eigenvalue weighted by Gasteiger charge is 2.47. The molecule has 15 heavy (non-hydrogen) atoms. The summed E-state index contributed by atoms with van der Waals surface area (Å²) in [5.41, 5.74) is 0.692. The summed E-state index contributed by atoms with van der Waals surface area (Å²) in [6, 6.07) is 0.745. The van der Waals surface area contributed by atoms with Gasteiger partial charge < -0.3 is 9.80 Å². The molecule has 0 bridgehead atoms. The molecule has 1 spiro atoms. The van der Waals surface area contributed by atoms with Crippen molar-refractivity contribution in [3.05, 3.63) is 0 Å². The Labute approximate surface area is 94.6 Å². The van der Waals surface area contributed by atoms with Gasteiger partial charge in [-0.05, 0) is 39.8 Å². The van der Waals surface area contributed by atoms with Crippen LogP contribution < -0.4 is 0 Å². The minimum Gasteiger partial charge on any atom is -0.302 e. The zero-order chi connectivity index (χ0) is 10.9. The molecule has 0 amide bonds. The zero-order valence-electron chi connectivity index (χ0n) is 10.6. The summed E-state index contributed by atoms with van der Waals surface area (Å²) in [4.78, 5) is 5.30. The fourth-order valence-electron chi connectivity index (χ4n) is 3.11. The van der Waals surface area contributed by atoms with Gasteiger partial charge in [-0.2, -0.15) is 0 Å². The van der Waals surface area contributed by atoms with Gasteiger partial charge in [-0.1, -0.05) is 13.3 Å². The standard InChI is InChI=1S/C13H26N2/c1-4-5-7-14-9-13(10-14)6-8-15(11-13)12(2)3/h12H,4-11H2,1-3H3. The van der Waals surface area contributed by atoms with E-state index in [4.69, 9.17) is 0 Å². The van der Waals surface area contributed by atoms with Gasteiger partial charge in [-0.25, -0.2) is 0 Å². The lowest BCUT2D eigenvalue weighted by molar-refractivity contribution is 0.00564. The average molecular weight is 210 g/mol. The smallest absolute Gasteiger partial charge is 0.00970 e. The molecule has 0 aliphatic carbocycles. The van der Waals surface area contributed by atoms with Gasteiger partial charge >= 0.3 is 0 Å². The molecule has 0 atom stereocenters. The van der Waals surface area contributed by atoms with Crippen molar-refractivity contribution in [2.75, 3.05) is 32.7 Å². The van der Waals surface area contributed by atoms with Crippen LogP contribution in [0.2, 0.25) is 0 Å². The predicted molar refractivity (Wildman–Crippen MR) is 65.1 cm³/mol. The van der Waals surface area contributed by atoms with Crippen LogP contribution in [0.15, 0.2) is 0 Å². The van der Waals surface area contributed by atoms with Crippen molar-refractivity contribution < 1.29 is 0 Å². The van der Waals surface area contributed by atoms with E-state index in [1.54, 1.807) is 0 Å². The van der Waals surface area contributed by atoms with E-state index < -0.39 is 0 Å². The first-order valence-electron chi connectivity index (χ1n) is 6.62. The molecule has 2 heterocycles. The first-order chi connectivity index (χ1) is 7.15. The monoisotopic (exact) mass is 210 g/mol. The van der Waals surface area contributed by atoms with E-state index in [1.807, 2.05) is 0 Å². The van der Waals surface area contributed by atoms with Crippen molar-refractivity contribution in [1.29, 1.82) is 0 Å². The first-order valence-corrected chi connectivity index (χ1v) is 6.62. The Balaban J connectivity index is 1.73. The van der Waals surface area contributed by atoms with Crippen LogP contribution in [0.5, 0.6) is 0 Å². The van der Waals surface area contributed by atoms with Crippen LogP contribution in [0.3, 0.4) is 0 Å². The maximum Gasteiger partial charge on any atom is 0.00970 e. The maximum absolute atomic E-state index is 2.65. The second-order valence-corrected chi connectivity index (χ2v) is 5.88. The Hall–Kier alpha value is -0.0800. The molecule has 2 rings (SSSR count). The molecular formula is C13H26N2. The van der Waals surface area contributed by atoms with Crippen molar-refractivity contribution >= 4 is 0 Å². The third kappa shape index (κ3) is 2.36. The van der Waals surface area contributed by atoms with E-state index in [-0.39, 0.29) is 0 Å². The van der Waals surface area contributed by atoms with E-state index in [9.17, 15) is 0 Å². The summed E-state index contributed by atoms with van der Waals surface area (Å²) in [5.74, 6) is 0. The molecule has 2 aliphatic rings. The molecular weight excluding hydrogens is 184 g/mol. The van der Waals surface area contributed by atoms with Gasteiger partial charge in [0.25, 0.3) is 0 Å². The summed E-state index contributed by atoms with van der Waals surface area (Å²) in [7, 11) is 0. The van der Waals surface area contributed by atoms with Crippen molar-refractivity contribution in [1.82, 2.24) is 9.80 Å². The molecule has 0 aromatic rings. The average Bonchev–Trinajstić information content (AvgIpc) is 2.57. The number of rotatable bonds is 4. The van der Waals surface area contributed by atoms with Crippen LogP contribution >= 0.6 is 0 Å². The number of hydrogen-bond donors (Lipinski definition) is 0. The van der Waals surface area contributed by atoms with Crippen LogP contribution in [0, 0.1) is 5.41 Å². The molecule has 0 saturated carbocycles. The largest absolute Gasteiger partial charge is 0.302 e. The van der Waals surface area contributed by atoms with Gasteiger partial charge in [0.2, 0.25) is 0 Å². The lowest BCUT2D eigenvalue weighted by Crippen LogP contribution is -2.57. The number of nitrogens with zero attached hydrogens (tertiary/aromatic N) is 2. The molecule has 0 unspecified atom stereocenters. The highest BCUT2D eigenvalue weighted by Crippen LogP contribution is 2.40. The summed E-state index contributed by atoms with van der Waals surface area (Å²) >= 11 is 0. The fraction of sp³-hybridized carbons (Fsp3) is 1.00. The lowest BCUT2D eigenvalue weighted by Gasteiger charge is -2.48. The Bertz CT molecular complexity index is 207. The van der Waals surface area contributed by atoms with E-state index in [0.29, 0.717) is 5.41 Å². The van der Waals surface area contributed by atoms with Crippen molar-refractivity contribution in [2.24, 2.45) is 5.41 Å². The topological polar surface area (TPSA) is 6.48 Å². The number of hydrogen-bond acceptors (Lipinski definition) is 2. The maximum atomic E-state index is 2.65. The van der Waals surface area contributed by atoms with Gasteiger partial charge in [-0.15, -0.1) is 0 Å². The summed E-state index contributed by atoms with van der Waals surface area (Å²) in [6.07, 6.45) is 4.15. The normalized spacial score (nSPS) is 26.4. The summed E-state index contributed by atoms with van der Waals surface area (Å²) < 4.78 is 0. The summed E-state index contributed by atoms with van der Waals surface area (Å²) in [5, 5.41) is 0. The molecule has 2 fully saturated rings. The fourth-order valence-corrected chi connectivity index (χ4v) is 3.11. The third-order valence-electron chi connectivity index (χ3n) is 4.14. The predicted octanol–water partition coefficient (Wildman–Crippen LogP) is 2.20. The Morgan fingerprint density at radius 2 is 1.93 bits per heavy atom. The second kappa shape index (κ2) is 4.42. The highest BCUT2D eigenvalue weighted by atomic mass is 15.3. The molecule has 0 N–H and O–H groups in total. The highest BCUT2D eigenvalue weighted by molar-refractivity contribution is 5.01. The van der Waals surface area contributed by atoms with E-state index in [1.165, 1.54) is 52.0 Å². The third-order valence-corrected chi connectivity index (χ3v) is 4.14. The molecule has 0 aromatic heterocycles. The van der Waals surface area contributed by atoms with E-state index in [2.05, 4.69) is 30.6 Å². The van der Waals surface area contributed by atoms with Gasteiger partial charge in [-0.3, -0.25) is 0 Å². The van der Waals surface area contributed by atoms with Crippen LogP contribution in [0.1, 0.15) is 40.0 Å². The Kier molecular flexibility index (Phi) is 3.36. The minimum absolute atomic E-state index is 0.692. The van der Waals surface area contributed by atoms with Crippen LogP contribution in [0.4, 0.5) is 0 Å². The van der Waals surface area contributed by atoms with Crippen LogP contribution in [0.25, 0.3) is 0 Å². The van der Waals surface area contributed by atoms with Gasteiger partial charge in [0, 0.05) is 31.1 Å². The molecule has 2 nitrogen and oxygen atoms in total. The molecule has 2 saturated heterocycles. The SMILES string of the molecule is CCCCN1CC2(CCN(C(C)C)C2)C1.